The van der Waals surface area contributed by atoms with E-state index in [4.69, 9.17) is 4.74 Å². The summed E-state index contributed by atoms with van der Waals surface area (Å²) in [6.45, 7) is 3.39. The second-order valence-electron chi connectivity index (χ2n) is 5.77. The van der Waals surface area contributed by atoms with Gasteiger partial charge in [0.2, 0.25) is 5.91 Å². The molecule has 0 saturated heterocycles. The molecule has 1 aromatic heterocycles. The van der Waals surface area contributed by atoms with Gasteiger partial charge in [-0.3, -0.25) is 14.9 Å². The Balaban J connectivity index is 1.93. The lowest BCUT2D eigenvalue weighted by Crippen LogP contribution is -2.26. The number of carbonyl (C=O) groups is 2. The van der Waals surface area contributed by atoms with Crippen LogP contribution in [-0.4, -0.2) is 34.4 Å². The van der Waals surface area contributed by atoms with Crippen LogP contribution in [0.4, 0.5) is 17.2 Å². The van der Waals surface area contributed by atoms with Crippen LogP contribution in [0.5, 0.6) is 0 Å². The summed E-state index contributed by atoms with van der Waals surface area (Å²) in [5.41, 5.74) is 0.737. The van der Waals surface area contributed by atoms with E-state index in [2.05, 4.69) is 15.6 Å². The standard InChI is InChI=1S/C18H20N4O5/c1-3-14(21-17-8-7-16(10-19-17)22(25)26)11-27-18(24)13-5-4-6-15(9-13)20-12(2)23/h4-10,14H,3,11H2,1-2H3,(H,19,21)(H,20,23). The molecule has 1 atom stereocenters. The lowest BCUT2D eigenvalue weighted by Gasteiger charge is -2.17. The summed E-state index contributed by atoms with van der Waals surface area (Å²) in [5, 5.41) is 16.3. The fourth-order valence-corrected chi connectivity index (χ4v) is 2.24. The van der Waals surface area contributed by atoms with Crippen molar-refractivity contribution in [2.75, 3.05) is 17.2 Å². The number of nitro groups is 1. The van der Waals surface area contributed by atoms with Crippen LogP contribution >= 0.6 is 0 Å². The SMILES string of the molecule is CCC(COC(=O)c1cccc(NC(C)=O)c1)Nc1ccc([N+](=O)[O-])cn1. The first-order chi connectivity index (χ1) is 12.9. The molecule has 0 saturated carbocycles. The summed E-state index contributed by atoms with van der Waals surface area (Å²) in [6.07, 6.45) is 1.81. The fourth-order valence-electron chi connectivity index (χ4n) is 2.24. The van der Waals surface area contributed by atoms with Gasteiger partial charge in [0.15, 0.2) is 0 Å². The average molecular weight is 372 g/mol. The molecule has 1 heterocycles. The lowest BCUT2D eigenvalue weighted by molar-refractivity contribution is -0.385. The Morgan fingerprint density at radius 1 is 1.30 bits per heavy atom. The molecular formula is C18H20N4O5. The second-order valence-corrected chi connectivity index (χ2v) is 5.77. The summed E-state index contributed by atoms with van der Waals surface area (Å²) in [6, 6.07) is 9.10. The average Bonchev–Trinajstić information content (AvgIpc) is 2.64. The number of hydrogen-bond acceptors (Lipinski definition) is 7. The molecule has 2 aromatic rings. The molecule has 0 radical (unpaired) electrons. The number of carbonyl (C=O) groups excluding carboxylic acids is 2. The number of pyridine rings is 1. The Bertz CT molecular complexity index is 823. The Hall–Kier alpha value is -3.49. The number of rotatable bonds is 8. The van der Waals surface area contributed by atoms with Gasteiger partial charge in [-0.1, -0.05) is 13.0 Å². The van der Waals surface area contributed by atoms with E-state index >= 15 is 0 Å². The van der Waals surface area contributed by atoms with Crippen molar-refractivity contribution in [2.45, 2.75) is 26.3 Å². The summed E-state index contributed by atoms with van der Waals surface area (Å²) in [7, 11) is 0. The van der Waals surface area contributed by atoms with Crippen molar-refractivity contribution in [3.05, 3.63) is 58.3 Å². The fraction of sp³-hybridized carbons (Fsp3) is 0.278. The van der Waals surface area contributed by atoms with Crippen LogP contribution < -0.4 is 10.6 Å². The molecule has 0 aliphatic carbocycles. The Morgan fingerprint density at radius 3 is 2.67 bits per heavy atom. The van der Waals surface area contributed by atoms with E-state index in [0.29, 0.717) is 23.5 Å². The molecule has 9 nitrogen and oxygen atoms in total. The van der Waals surface area contributed by atoms with Crippen molar-refractivity contribution in [3.63, 3.8) is 0 Å². The highest BCUT2D eigenvalue weighted by Crippen LogP contribution is 2.15. The first kappa shape index (κ1) is 19.8. The molecule has 0 fully saturated rings. The van der Waals surface area contributed by atoms with E-state index in [9.17, 15) is 19.7 Å². The lowest BCUT2D eigenvalue weighted by atomic mass is 10.2. The molecule has 1 aromatic carbocycles. The van der Waals surface area contributed by atoms with Crippen molar-refractivity contribution >= 4 is 29.1 Å². The highest BCUT2D eigenvalue weighted by atomic mass is 16.6. The van der Waals surface area contributed by atoms with Gasteiger partial charge in [-0.25, -0.2) is 9.78 Å². The molecule has 2 N–H and O–H groups in total. The topological polar surface area (TPSA) is 123 Å². The number of aromatic nitrogens is 1. The predicted molar refractivity (Wildman–Crippen MR) is 99.6 cm³/mol. The molecule has 27 heavy (non-hydrogen) atoms. The maximum absolute atomic E-state index is 12.2. The first-order valence-corrected chi connectivity index (χ1v) is 8.30. The van der Waals surface area contributed by atoms with Crippen molar-refractivity contribution in [1.29, 1.82) is 0 Å². The zero-order valence-electron chi connectivity index (χ0n) is 15.0. The molecule has 142 valence electrons. The van der Waals surface area contributed by atoms with E-state index in [1.165, 1.54) is 25.1 Å². The number of nitrogens with zero attached hydrogens (tertiary/aromatic N) is 2. The third-order valence-corrected chi connectivity index (χ3v) is 3.64. The number of hydrogen-bond donors (Lipinski definition) is 2. The van der Waals surface area contributed by atoms with Crippen LogP contribution in [0.2, 0.25) is 0 Å². The molecule has 0 bridgehead atoms. The van der Waals surface area contributed by atoms with Crippen LogP contribution in [0.25, 0.3) is 0 Å². The molecular weight excluding hydrogens is 352 g/mol. The highest BCUT2D eigenvalue weighted by Gasteiger charge is 2.14. The van der Waals surface area contributed by atoms with Gasteiger partial charge >= 0.3 is 5.97 Å². The van der Waals surface area contributed by atoms with Crippen molar-refractivity contribution < 1.29 is 19.2 Å². The van der Waals surface area contributed by atoms with Crippen molar-refractivity contribution in [2.24, 2.45) is 0 Å². The van der Waals surface area contributed by atoms with Crippen LogP contribution in [-0.2, 0) is 9.53 Å². The minimum atomic E-state index is -0.523. The van der Waals surface area contributed by atoms with Gasteiger partial charge in [0.25, 0.3) is 5.69 Å². The summed E-state index contributed by atoms with van der Waals surface area (Å²) < 4.78 is 5.33. The van der Waals surface area contributed by atoms with Crippen LogP contribution in [0.15, 0.2) is 42.6 Å². The van der Waals surface area contributed by atoms with E-state index in [0.717, 1.165) is 6.20 Å². The van der Waals surface area contributed by atoms with Gasteiger partial charge < -0.3 is 15.4 Å². The summed E-state index contributed by atoms with van der Waals surface area (Å²) in [4.78, 5) is 37.4. The quantitative estimate of drug-likeness (QED) is 0.415. The van der Waals surface area contributed by atoms with Gasteiger partial charge in [0.1, 0.15) is 18.6 Å². The minimum absolute atomic E-state index is 0.0956. The number of amides is 1. The van der Waals surface area contributed by atoms with Crippen LogP contribution in [0.3, 0.4) is 0 Å². The normalized spacial score (nSPS) is 11.3. The monoisotopic (exact) mass is 372 g/mol. The van der Waals surface area contributed by atoms with Crippen molar-refractivity contribution in [3.8, 4) is 0 Å². The Labute approximate surface area is 155 Å². The van der Waals surface area contributed by atoms with Crippen LogP contribution in [0.1, 0.15) is 30.6 Å². The molecule has 0 spiro atoms. The van der Waals surface area contributed by atoms with Gasteiger partial charge in [0, 0.05) is 18.7 Å². The molecule has 9 heteroatoms. The summed E-state index contributed by atoms with van der Waals surface area (Å²) >= 11 is 0. The number of ether oxygens (including phenoxy) is 1. The second kappa shape index (κ2) is 9.27. The third kappa shape index (κ3) is 6.07. The third-order valence-electron chi connectivity index (χ3n) is 3.64. The number of anilines is 2. The highest BCUT2D eigenvalue weighted by molar-refractivity contribution is 5.93. The zero-order chi connectivity index (χ0) is 19.8. The molecule has 0 aliphatic rings. The molecule has 2 rings (SSSR count). The maximum atomic E-state index is 12.2. The Morgan fingerprint density at radius 2 is 2.07 bits per heavy atom. The minimum Gasteiger partial charge on any atom is -0.460 e. The van der Waals surface area contributed by atoms with E-state index < -0.39 is 10.9 Å². The smallest absolute Gasteiger partial charge is 0.338 e. The van der Waals surface area contributed by atoms with Crippen molar-refractivity contribution in [1.82, 2.24) is 4.98 Å². The first-order valence-electron chi connectivity index (χ1n) is 8.30. The van der Waals surface area contributed by atoms with E-state index in [1.807, 2.05) is 6.92 Å². The van der Waals surface area contributed by atoms with Crippen LogP contribution in [0, 0.1) is 10.1 Å². The van der Waals surface area contributed by atoms with E-state index in [1.54, 1.807) is 18.2 Å². The molecule has 1 amide bonds. The van der Waals surface area contributed by atoms with Gasteiger partial charge in [0.05, 0.1) is 16.5 Å². The maximum Gasteiger partial charge on any atom is 0.338 e. The van der Waals surface area contributed by atoms with Gasteiger partial charge in [-0.2, -0.15) is 0 Å². The summed E-state index contributed by atoms with van der Waals surface area (Å²) in [5.74, 6) is -0.290. The van der Waals surface area contributed by atoms with E-state index in [-0.39, 0.29) is 24.2 Å². The van der Waals surface area contributed by atoms with Gasteiger partial charge in [-0.15, -0.1) is 0 Å². The number of esters is 1. The van der Waals surface area contributed by atoms with Gasteiger partial charge in [-0.05, 0) is 30.7 Å². The number of benzene rings is 1. The molecule has 0 aliphatic heterocycles. The molecule has 1 unspecified atom stereocenters. The number of nitrogens with one attached hydrogen (secondary N) is 2. The Kier molecular flexibility index (Phi) is 6.81. The predicted octanol–water partition coefficient (Wildman–Crippen LogP) is 3.00. The zero-order valence-corrected chi connectivity index (χ0v) is 15.0. The largest absolute Gasteiger partial charge is 0.460 e.